The summed E-state index contributed by atoms with van der Waals surface area (Å²) in [5.41, 5.74) is 1.33. The predicted molar refractivity (Wildman–Crippen MR) is 101 cm³/mol. The Morgan fingerprint density at radius 1 is 1.04 bits per heavy atom. The van der Waals surface area contributed by atoms with Gasteiger partial charge in [0.05, 0.1) is 12.2 Å². The zero-order valence-electron chi connectivity index (χ0n) is 16.1. The summed E-state index contributed by atoms with van der Waals surface area (Å²) >= 11 is 0. The van der Waals surface area contributed by atoms with Crippen LogP contribution in [0.4, 0.5) is 0 Å². The predicted octanol–water partition coefficient (Wildman–Crippen LogP) is 2.94. The van der Waals surface area contributed by atoms with Gasteiger partial charge in [-0.3, -0.25) is 9.59 Å². The summed E-state index contributed by atoms with van der Waals surface area (Å²) in [6, 6.07) is 10.0. The molecule has 0 unspecified atom stereocenters. The molecule has 1 aliphatic heterocycles. The van der Waals surface area contributed by atoms with Crippen LogP contribution in [0.25, 0.3) is 11.3 Å². The second-order valence-electron chi connectivity index (χ2n) is 6.93. The summed E-state index contributed by atoms with van der Waals surface area (Å²) in [4.78, 5) is 37.4. The SMILES string of the molecule is CC(=O)c1ccc(-c2ccc(C(=O)OCC(=O)N3C[C@@H](C)O[C@H](C)C3)o2)cc1. The molecule has 1 aromatic heterocycles. The third-order valence-electron chi connectivity index (χ3n) is 4.48. The molecule has 0 spiro atoms. The van der Waals surface area contributed by atoms with E-state index in [1.807, 2.05) is 13.8 Å². The Kier molecular flexibility index (Phi) is 5.94. The number of Topliss-reactive ketones (excluding diaryl/α,β-unsaturated/α-hetero) is 1. The molecule has 148 valence electrons. The van der Waals surface area contributed by atoms with Crippen LogP contribution in [0, 0.1) is 0 Å². The van der Waals surface area contributed by atoms with Crippen molar-refractivity contribution >= 4 is 17.7 Å². The Hall–Kier alpha value is -2.93. The van der Waals surface area contributed by atoms with Crippen LogP contribution in [0.15, 0.2) is 40.8 Å². The van der Waals surface area contributed by atoms with E-state index in [9.17, 15) is 14.4 Å². The first-order valence-corrected chi connectivity index (χ1v) is 9.15. The fraction of sp³-hybridized carbons (Fsp3) is 0.381. The molecule has 0 saturated carbocycles. The normalized spacial score (nSPS) is 19.3. The van der Waals surface area contributed by atoms with Gasteiger partial charge in [0.25, 0.3) is 5.91 Å². The lowest BCUT2D eigenvalue weighted by atomic mass is 10.1. The van der Waals surface area contributed by atoms with Gasteiger partial charge in [-0.05, 0) is 32.9 Å². The highest BCUT2D eigenvalue weighted by molar-refractivity contribution is 5.94. The van der Waals surface area contributed by atoms with Gasteiger partial charge < -0.3 is 18.8 Å². The lowest BCUT2D eigenvalue weighted by molar-refractivity contribution is -0.146. The highest BCUT2D eigenvalue weighted by Crippen LogP contribution is 2.23. The standard InChI is InChI=1S/C21H23NO6/c1-13-10-22(11-14(2)27-13)20(24)12-26-21(25)19-9-8-18(28-19)17-6-4-16(5-7-17)15(3)23/h4-9,13-14H,10-12H2,1-3H3/t13-,14-/m1/s1. The van der Waals surface area contributed by atoms with Gasteiger partial charge in [0, 0.05) is 24.2 Å². The Morgan fingerprint density at radius 2 is 1.68 bits per heavy atom. The van der Waals surface area contributed by atoms with E-state index in [0.29, 0.717) is 24.4 Å². The molecule has 0 bridgehead atoms. The molecule has 7 heteroatoms. The summed E-state index contributed by atoms with van der Waals surface area (Å²) < 4.78 is 16.2. The molecule has 7 nitrogen and oxygen atoms in total. The number of ketones is 1. The quantitative estimate of drug-likeness (QED) is 0.581. The van der Waals surface area contributed by atoms with E-state index in [1.165, 1.54) is 13.0 Å². The fourth-order valence-electron chi connectivity index (χ4n) is 3.14. The van der Waals surface area contributed by atoms with Crippen molar-refractivity contribution in [1.82, 2.24) is 4.90 Å². The Balaban J connectivity index is 1.58. The van der Waals surface area contributed by atoms with Crippen LogP contribution in [0.1, 0.15) is 41.7 Å². The van der Waals surface area contributed by atoms with Crippen molar-refractivity contribution in [1.29, 1.82) is 0 Å². The minimum atomic E-state index is -0.700. The van der Waals surface area contributed by atoms with Crippen LogP contribution in [-0.2, 0) is 14.3 Å². The number of amides is 1. The van der Waals surface area contributed by atoms with Crippen molar-refractivity contribution in [3.63, 3.8) is 0 Å². The van der Waals surface area contributed by atoms with Crippen molar-refractivity contribution in [2.75, 3.05) is 19.7 Å². The molecule has 2 aromatic rings. The number of carbonyl (C=O) groups is 3. The molecule has 1 saturated heterocycles. The van der Waals surface area contributed by atoms with E-state index in [2.05, 4.69) is 0 Å². The minimum Gasteiger partial charge on any atom is -0.450 e. The largest absolute Gasteiger partial charge is 0.450 e. The van der Waals surface area contributed by atoms with Crippen LogP contribution in [-0.4, -0.2) is 54.5 Å². The smallest absolute Gasteiger partial charge is 0.374 e. The maximum atomic E-state index is 12.3. The Morgan fingerprint density at radius 3 is 2.29 bits per heavy atom. The molecule has 1 aromatic carbocycles. The van der Waals surface area contributed by atoms with Crippen LogP contribution in [0.5, 0.6) is 0 Å². The van der Waals surface area contributed by atoms with Gasteiger partial charge in [-0.15, -0.1) is 0 Å². The van der Waals surface area contributed by atoms with Crippen LogP contribution >= 0.6 is 0 Å². The average molecular weight is 385 g/mol. The zero-order valence-corrected chi connectivity index (χ0v) is 16.1. The fourth-order valence-corrected chi connectivity index (χ4v) is 3.14. The van der Waals surface area contributed by atoms with Crippen molar-refractivity contribution in [3.8, 4) is 11.3 Å². The molecule has 1 fully saturated rings. The van der Waals surface area contributed by atoms with Crippen molar-refractivity contribution in [2.24, 2.45) is 0 Å². The summed E-state index contributed by atoms with van der Waals surface area (Å²) in [5.74, 6) is -0.494. The number of furan rings is 1. The maximum Gasteiger partial charge on any atom is 0.374 e. The summed E-state index contributed by atoms with van der Waals surface area (Å²) in [7, 11) is 0. The van der Waals surface area contributed by atoms with Gasteiger partial charge in [0.2, 0.25) is 5.76 Å². The van der Waals surface area contributed by atoms with Gasteiger partial charge in [0.15, 0.2) is 12.4 Å². The van der Waals surface area contributed by atoms with Gasteiger partial charge in [-0.25, -0.2) is 4.79 Å². The maximum absolute atomic E-state index is 12.3. The molecule has 28 heavy (non-hydrogen) atoms. The summed E-state index contributed by atoms with van der Waals surface area (Å²) in [5, 5.41) is 0. The second-order valence-corrected chi connectivity index (χ2v) is 6.93. The molecule has 3 rings (SSSR count). The van der Waals surface area contributed by atoms with Crippen molar-refractivity contribution in [2.45, 2.75) is 33.0 Å². The number of esters is 1. The first-order chi connectivity index (χ1) is 13.3. The number of carbonyl (C=O) groups excluding carboxylic acids is 3. The lowest BCUT2D eigenvalue weighted by Gasteiger charge is -2.35. The van der Waals surface area contributed by atoms with E-state index >= 15 is 0 Å². The highest BCUT2D eigenvalue weighted by atomic mass is 16.5. The summed E-state index contributed by atoms with van der Waals surface area (Å²) in [6.45, 7) is 5.89. The van der Waals surface area contributed by atoms with E-state index in [-0.39, 0.29) is 36.3 Å². The van der Waals surface area contributed by atoms with E-state index < -0.39 is 5.97 Å². The minimum absolute atomic E-state index is 0.0159. The number of morpholine rings is 1. The molecule has 1 aliphatic rings. The third kappa shape index (κ3) is 4.67. The zero-order chi connectivity index (χ0) is 20.3. The highest BCUT2D eigenvalue weighted by Gasteiger charge is 2.26. The van der Waals surface area contributed by atoms with Crippen molar-refractivity contribution < 1.29 is 28.3 Å². The van der Waals surface area contributed by atoms with Crippen LogP contribution in [0.3, 0.4) is 0 Å². The molecule has 2 atom stereocenters. The number of nitrogens with zero attached hydrogens (tertiary/aromatic N) is 1. The molecule has 0 radical (unpaired) electrons. The molecular formula is C21H23NO6. The topological polar surface area (TPSA) is 86.1 Å². The monoisotopic (exact) mass is 385 g/mol. The number of benzene rings is 1. The number of rotatable bonds is 5. The van der Waals surface area contributed by atoms with Gasteiger partial charge in [-0.2, -0.15) is 0 Å². The Bertz CT molecular complexity index is 859. The third-order valence-corrected chi connectivity index (χ3v) is 4.48. The molecular weight excluding hydrogens is 362 g/mol. The molecule has 0 N–H and O–H groups in total. The van der Waals surface area contributed by atoms with Crippen LogP contribution < -0.4 is 0 Å². The number of hydrogen-bond acceptors (Lipinski definition) is 6. The van der Waals surface area contributed by atoms with Crippen LogP contribution in [0.2, 0.25) is 0 Å². The Labute approximate surface area is 163 Å². The van der Waals surface area contributed by atoms with E-state index in [4.69, 9.17) is 13.9 Å². The molecule has 2 heterocycles. The lowest BCUT2D eigenvalue weighted by Crippen LogP contribution is -2.49. The van der Waals surface area contributed by atoms with Gasteiger partial charge >= 0.3 is 5.97 Å². The van der Waals surface area contributed by atoms with E-state index in [1.54, 1.807) is 35.2 Å². The first kappa shape index (κ1) is 19.8. The van der Waals surface area contributed by atoms with Gasteiger partial charge in [-0.1, -0.05) is 24.3 Å². The first-order valence-electron chi connectivity index (χ1n) is 9.15. The summed E-state index contributed by atoms with van der Waals surface area (Å²) in [6.07, 6.45) is -0.101. The molecule has 1 amide bonds. The van der Waals surface area contributed by atoms with E-state index in [0.717, 1.165) is 5.56 Å². The number of ether oxygens (including phenoxy) is 2. The average Bonchev–Trinajstić information content (AvgIpc) is 3.15. The van der Waals surface area contributed by atoms with Gasteiger partial charge in [0.1, 0.15) is 5.76 Å². The van der Waals surface area contributed by atoms with Crippen molar-refractivity contribution in [3.05, 3.63) is 47.7 Å². The number of hydrogen-bond donors (Lipinski definition) is 0. The molecule has 0 aliphatic carbocycles. The second kappa shape index (κ2) is 8.39.